The van der Waals surface area contributed by atoms with Crippen LogP contribution in [0, 0.1) is 17.2 Å². The molecular formula is C19H28N3OS+. The quantitative estimate of drug-likeness (QED) is 0.884. The lowest BCUT2D eigenvalue weighted by atomic mass is 9.89. The number of nitrogens with zero attached hydrogens (tertiary/aromatic N) is 1. The highest BCUT2D eigenvalue weighted by molar-refractivity contribution is 7.16. The second-order valence-electron chi connectivity index (χ2n) is 7.41. The molecule has 24 heavy (non-hydrogen) atoms. The van der Waals surface area contributed by atoms with Gasteiger partial charge in [-0.25, -0.2) is 0 Å². The van der Waals surface area contributed by atoms with Crippen LogP contribution in [0.5, 0.6) is 0 Å². The molecule has 1 aromatic heterocycles. The number of carbonyl (C=O) groups is 1. The van der Waals surface area contributed by atoms with Crippen molar-refractivity contribution in [2.24, 2.45) is 5.92 Å². The van der Waals surface area contributed by atoms with Crippen LogP contribution >= 0.6 is 11.3 Å². The van der Waals surface area contributed by atoms with Gasteiger partial charge in [-0.15, -0.1) is 11.3 Å². The van der Waals surface area contributed by atoms with Crippen molar-refractivity contribution in [2.75, 3.05) is 25.0 Å². The number of anilines is 1. The molecule has 1 aliphatic heterocycles. The van der Waals surface area contributed by atoms with Crippen molar-refractivity contribution in [3.8, 4) is 6.07 Å². The third kappa shape index (κ3) is 4.17. The van der Waals surface area contributed by atoms with E-state index in [1.807, 2.05) is 0 Å². The highest BCUT2D eigenvalue weighted by Crippen LogP contribution is 2.39. The average Bonchev–Trinajstić information content (AvgIpc) is 2.85. The molecule has 3 rings (SSSR count). The van der Waals surface area contributed by atoms with Crippen LogP contribution in [-0.2, 0) is 17.6 Å². The second kappa shape index (κ2) is 8.13. The van der Waals surface area contributed by atoms with E-state index in [-0.39, 0.29) is 5.91 Å². The number of amides is 1. The zero-order valence-electron chi connectivity index (χ0n) is 14.6. The molecule has 0 radical (unpaired) electrons. The Balaban J connectivity index is 1.65. The number of thiophene rings is 1. The summed E-state index contributed by atoms with van der Waals surface area (Å²) in [4.78, 5) is 15.2. The summed E-state index contributed by atoms with van der Waals surface area (Å²) >= 11 is 1.62. The number of hydrogen-bond acceptors (Lipinski definition) is 3. The number of nitriles is 1. The maximum atomic E-state index is 12.5. The Bertz CT molecular complexity index is 623. The number of likely N-dealkylation sites (tertiary alicyclic amines) is 1. The van der Waals surface area contributed by atoms with E-state index < -0.39 is 0 Å². The van der Waals surface area contributed by atoms with Crippen molar-refractivity contribution in [3.63, 3.8) is 0 Å². The molecule has 0 bridgehead atoms. The van der Waals surface area contributed by atoms with Gasteiger partial charge in [0.1, 0.15) is 11.1 Å². The fourth-order valence-corrected chi connectivity index (χ4v) is 5.31. The summed E-state index contributed by atoms with van der Waals surface area (Å²) in [5.41, 5.74) is 1.91. The first-order valence-electron chi connectivity index (χ1n) is 9.35. The number of carbonyl (C=O) groups excluding carboxylic acids is 1. The molecule has 1 atom stereocenters. The number of rotatable bonds is 3. The van der Waals surface area contributed by atoms with Crippen LogP contribution in [0.3, 0.4) is 0 Å². The molecule has 1 saturated heterocycles. The van der Waals surface area contributed by atoms with Crippen molar-refractivity contribution in [2.45, 2.75) is 58.3 Å². The van der Waals surface area contributed by atoms with Crippen LogP contribution in [0.1, 0.15) is 61.5 Å². The Morgan fingerprint density at radius 2 is 2.00 bits per heavy atom. The summed E-state index contributed by atoms with van der Waals surface area (Å²) in [5.74, 6) is 0.741. The van der Waals surface area contributed by atoms with E-state index in [4.69, 9.17) is 0 Å². The molecule has 5 heteroatoms. The van der Waals surface area contributed by atoms with E-state index in [2.05, 4.69) is 18.3 Å². The van der Waals surface area contributed by atoms with E-state index in [0.29, 0.717) is 12.5 Å². The molecule has 130 valence electrons. The second-order valence-corrected chi connectivity index (χ2v) is 8.52. The number of fused-ring (bicyclic) bond motifs is 1. The van der Waals surface area contributed by atoms with Crippen molar-refractivity contribution in [1.82, 2.24) is 0 Å². The summed E-state index contributed by atoms with van der Waals surface area (Å²) in [7, 11) is 0. The van der Waals surface area contributed by atoms with Crippen LogP contribution in [0.25, 0.3) is 0 Å². The molecular weight excluding hydrogens is 318 g/mol. The first-order chi connectivity index (χ1) is 11.7. The van der Waals surface area contributed by atoms with Gasteiger partial charge < -0.3 is 10.2 Å². The van der Waals surface area contributed by atoms with E-state index in [1.54, 1.807) is 11.3 Å². The minimum atomic E-state index is 0.0636. The predicted molar refractivity (Wildman–Crippen MR) is 97.5 cm³/mol. The Kier molecular flexibility index (Phi) is 5.91. The van der Waals surface area contributed by atoms with Crippen LogP contribution in [0.4, 0.5) is 5.00 Å². The minimum Gasteiger partial charge on any atom is -0.327 e. The Morgan fingerprint density at radius 3 is 2.71 bits per heavy atom. The maximum absolute atomic E-state index is 12.5. The standard InChI is InChI=1S/C19H27N3OS/c1-14-7-8-15-16(12-20)19(24-17(15)11-14)21-18(23)13-22-9-5-3-2-4-6-10-22/h14H,2-11,13H2,1H3,(H,21,23)/p+1/t14-/m0/s1. The minimum absolute atomic E-state index is 0.0636. The van der Waals surface area contributed by atoms with Crippen molar-refractivity contribution in [3.05, 3.63) is 16.0 Å². The first-order valence-corrected chi connectivity index (χ1v) is 10.2. The normalized spacial score (nSPS) is 22.1. The van der Waals surface area contributed by atoms with Gasteiger partial charge in [-0.05, 0) is 56.4 Å². The maximum Gasteiger partial charge on any atom is 0.280 e. The van der Waals surface area contributed by atoms with Crippen LogP contribution in [-0.4, -0.2) is 25.5 Å². The molecule has 2 heterocycles. The molecule has 1 amide bonds. The van der Waals surface area contributed by atoms with Gasteiger partial charge in [0, 0.05) is 4.88 Å². The molecule has 2 N–H and O–H groups in total. The van der Waals surface area contributed by atoms with Crippen LogP contribution in [0.2, 0.25) is 0 Å². The molecule has 0 aromatic carbocycles. The van der Waals surface area contributed by atoms with E-state index >= 15 is 0 Å². The highest BCUT2D eigenvalue weighted by atomic mass is 32.1. The van der Waals surface area contributed by atoms with E-state index in [1.165, 1.54) is 47.4 Å². The van der Waals surface area contributed by atoms with Gasteiger partial charge in [0.25, 0.3) is 5.91 Å². The average molecular weight is 347 g/mol. The zero-order valence-corrected chi connectivity index (χ0v) is 15.4. The number of quaternary nitrogens is 1. The summed E-state index contributed by atoms with van der Waals surface area (Å²) in [6.45, 7) is 4.98. The Morgan fingerprint density at radius 1 is 1.29 bits per heavy atom. The summed E-state index contributed by atoms with van der Waals surface area (Å²) < 4.78 is 0. The lowest BCUT2D eigenvalue weighted by Gasteiger charge is -2.21. The topological polar surface area (TPSA) is 57.3 Å². The van der Waals surface area contributed by atoms with Gasteiger partial charge in [0.15, 0.2) is 6.54 Å². The van der Waals surface area contributed by atoms with Gasteiger partial charge in [-0.1, -0.05) is 13.3 Å². The monoisotopic (exact) mass is 346 g/mol. The third-order valence-electron chi connectivity index (χ3n) is 5.35. The van der Waals surface area contributed by atoms with Crippen molar-refractivity contribution >= 4 is 22.2 Å². The zero-order chi connectivity index (χ0) is 16.9. The lowest BCUT2D eigenvalue weighted by molar-refractivity contribution is -0.892. The Labute approximate surface area is 148 Å². The number of hydrogen-bond donors (Lipinski definition) is 2. The Hall–Kier alpha value is -1.38. The molecule has 0 saturated carbocycles. The van der Waals surface area contributed by atoms with Gasteiger partial charge >= 0.3 is 0 Å². The SMILES string of the molecule is C[C@H]1CCc2c(sc(NC(=O)C[NH+]3CCCCCCC3)c2C#N)C1. The molecule has 4 nitrogen and oxygen atoms in total. The summed E-state index contributed by atoms with van der Waals surface area (Å²) in [5, 5.41) is 13.4. The molecule has 1 fully saturated rings. The van der Waals surface area contributed by atoms with E-state index in [0.717, 1.165) is 42.9 Å². The number of nitrogens with one attached hydrogen (secondary N) is 2. The smallest absolute Gasteiger partial charge is 0.280 e. The van der Waals surface area contributed by atoms with Crippen molar-refractivity contribution < 1.29 is 9.69 Å². The van der Waals surface area contributed by atoms with Gasteiger partial charge in [0.05, 0.1) is 18.7 Å². The fraction of sp³-hybridized carbons (Fsp3) is 0.684. The largest absolute Gasteiger partial charge is 0.327 e. The fourth-order valence-electron chi connectivity index (χ4n) is 3.94. The molecule has 2 aliphatic rings. The molecule has 0 spiro atoms. The van der Waals surface area contributed by atoms with Crippen LogP contribution < -0.4 is 10.2 Å². The predicted octanol–water partition coefficient (Wildman–Crippen LogP) is 2.53. The van der Waals surface area contributed by atoms with E-state index in [9.17, 15) is 10.1 Å². The lowest BCUT2D eigenvalue weighted by Crippen LogP contribution is -3.13. The molecule has 1 aliphatic carbocycles. The first kappa shape index (κ1) is 17.4. The van der Waals surface area contributed by atoms with Gasteiger partial charge in [-0.2, -0.15) is 5.26 Å². The molecule has 0 unspecified atom stereocenters. The highest BCUT2D eigenvalue weighted by Gasteiger charge is 2.25. The summed E-state index contributed by atoms with van der Waals surface area (Å²) in [6, 6.07) is 2.33. The summed E-state index contributed by atoms with van der Waals surface area (Å²) in [6.07, 6.45) is 9.52. The van der Waals surface area contributed by atoms with Gasteiger partial charge in [0.2, 0.25) is 0 Å². The third-order valence-corrected chi connectivity index (χ3v) is 6.52. The van der Waals surface area contributed by atoms with Crippen molar-refractivity contribution in [1.29, 1.82) is 5.26 Å². The molecule has 1 aromatic rings. The van der Waals surface area contributed by atoms with Gasteiger partial charge in [-0.3, -0.25) is 4.79 Å². The van der Waals surface area contributed by atoms with Crippen LogP contribution in [0.15, 0.2) is 0 Å².